The Hall–Kier alpha value is -4.11. The van der Waals surface area contributed by atoms with Crippen molar-refractivity contribution >= 4 is 5.97 Å². The van der Waals surface area contributed by atoms with E-state index in [1.807, 2.05) is 0 Å². The highest BCUT2D eigenvalue weighted by molar-refractivity contribution is 5.91. The van der Waals surface area contributed by atoms with Gasteiger partial charge >= 0.3 is 12.1 Å². The number of benzene rings is 4. The maximum Gasteiger partial charge on any atom is 0.383 e. The summed E-state index contributed by atoms with van der Waals surface area (Å²) in [6, 6.07) is 18.1. The Morgan fingerprint density at radius 3 is 2.04 bits per heavy atom. The number of carbonyl (C=O) groups is 1. The topological polar surface area (TPSA) is 35.5 Å². The Morgan fingerprint density at radius 2 is 1.43 bits per heavy atom. The molecular formula is C37H34F6O3. The first kappa shape index (κ1) is 33.3. The van der Waals surface area contributed by atoms with Gasteiger partial charge in [0, 0.05) is 17.7 Å². The summed E-state index contributed by atoms with van der Waals surface area (Å²) in [5.41, 5.74) is 2.45. The lowest BCUT2D eigenvalue weighted by Gasteiger charge is -2.31. The lowest BCUT2D eigenvalue weighted by atomic mass is 9.82. The summed E-state index contributed by atoms with van der Waals surface area (Å²) in [7, 11) is 0. The molecule has 1 aliphatic carbocycles. The van der Waals surface area contributed by atoms with Crippen LogP contribution in [-0.2, 0) is 17.3 Å². The van der Waals surface area contributed by atoms with E-state index in [0.717, 1.165) is 36.8 Å². The first-order chi connectivity index (χ1) is 22.0. The second-order valence-corrected chi connectivity index (χ2v) is 11.7. The monoisotopic (exact) mass is 640 g/mol. The molecule has 0 spiro atoms. The van der Waals surface area contributed by atoms with Crippen LogP contribution in [0.1, 0.15) is 84.8 Å². The number of rotatable bonds is 11. The van der Waals surface area contributed by atoms with Crippen molar-refractivity contribution in [1.29, 1.82) is 0 Å². The maximum absolute atomic E-state index is 15.2. The third-order valence-corrected chi connectivity index (χ3v) is 8.41. The number of ether oxygens (including phenoxy) is 2. The molecule has 4 aromatic rings. The molecule has 0 heterocycles. The summed E-state index contributed by atoms with van der Waals surface area (Å²) in [6.45, 7) is 2.12. The molecule has 0 N–H and O–H groups in total. The van der Waals surface area contributed by atoms with Crippen LogP contribution >= 0.6 is 0 Å². The molecule has 0 atom stereocenters. The van der Waals surface area contributed by atoms with Crippen molar-refractivity contribution in [3.63, 3.8) is 0 Å². The molecule has 1 fully saturated rings. The molecule has 0 unspecified atom stereocenters. The molecule has 0 amide bonds. The van der Waals surface area contributed by atoms with Gasteiger partial charge in [0.1, 0.15) is 11.6 Å². The quantitative estimate of drug-likeness (QED) is 0.0538. The Labute approximate surface area is 264 Å². The van der Waals surface area contributed by atoms with Crippen molar-refractivity contribution < 1.29 is 40.6 Å². The predicted octanol–water partition coefficient (Wildman–Crippen LogP) is 10.7. The summed E-state index contributed by atoms with van der Waals surface area (Å²) in [5, 5.41) is 0. The average Bonchev–Trinajstić information content (AvgIpc) is 3.04. The predicted molar refractivity (Wildman–Crippen MR) is 163 cm³/mol. The van der Waals surface area contributed by atoms with Crippen molar-refractivity contribution in [3.05, 3.63) is 124 Å². The van der Waals surface area contributed by atoms with Gasteiger partial charge in [-0.25, -0.2) is 22.4 Å². The van der Waals surface area contributed by atoms with Gasteiger partial charge in [-0.1, -0.05) is 68.3 Å². The van der Waals surface area contributed by atoms with E-state index in [4.69, 9.17) is 9.47 Å². The largest absolute Gasteiger partial charge is 0.423 e. The number of unbranched alkanes of at least 4 members (excludes halogenated alkanes) is 2. The van der Waals surface area contributed by atoms with Crippen molar-refractivity contribution in [2.24, 2.45) is 0 Å². The van der Waals surface area contributed by atoms with Crippen molar-refractivity contribution in [3.8, 4) is 16.9 Å². The van der Waals surface area contributed by atoms with Crippen LogP contribution in [0.4, 0.5) is 26.3 Å². The minimum Gasteiger partial charge on any atom is -0.423 e. The average molecular weight is 641 g/mol. The number of carbonyl (C=O) groups excluding carboxylic acids is 1. The fourth-order valence-corrected chi connectivity index (χ4v) is 5.80. The summed E-state index contributed by atoms with van der Waals surface area (Å²) in [6.07, 6.45) is 2.10. The van der Waals surface area contributed by atoms with E-state index in [2.05, 4.69) is 6.92 Å². The number of hydrogen-bond donors (Lipinski definition) is 0. The highest BCUT2D eigenvalue weighted by Crippen LogP contribution is 2.40. The third kappa shape index (κ3) is 7.99. The van der Waals surface area contributed by atoms with Gasteiger partial charge in [0.05, 0.1) is 17.2 Å². The third-order valence-electron chi connectivity index (χ3n) is 8.41. The molecular weight excluding hydrogens is 606 g/mol. The molecule has 0 saturated heterocycles. The van der Waals surface area contributed by atoms with Gasteiger partial charge in [-0.05, 0) is 79.3 Å². The van der Waals surface area contributed by atoms with E-state index in [0.29, 0.717) is 48.9 Å². The van der Waals surface area contributed by atoms with Gasteiger partial charge in [-0.15, -0.1) is 0 Å². The van der Waals surface area contributed by atoms with E-state index in [9.17, 15) is 26.7 Å². The number of hydrogen-bond acceptors (Lipinski definition) is 3. The van der Waals surface area contributed by atoms with Crippen LogP contribution in [0.3, 0.4) is 0 Å². The van der Waals surface area contributed by atoms with Crippen molar-refractivity contribution in [1.82, 2.24) is 0 Å². The van der Waals surface area contributed by atoms with E-state index in [-0.39, 0.29) is 17.0 Å². The zero-order valence-corrected chi connectivity index (χ0v) is 25.3. The standard InChI is InChI=1S/C37H34F6O3/c1-2-3-4-5-23-6-15-28(16-7-23)37(42,43)46-29-17-12-24(13-18-29)27-14-19-31(32(38)20-27)25-8-10-26(11-9-25)36(44)45-30-21-33(39)35(41)34(40)22-30/h6-11,14-16,19-22,24,29H,2-5,12-13,17-18H2,1H3. The number of aryl methyl sites for hydroxylation is 1. The molecule has 46 heavy (non-hydrogen) atoms. The maximum atomic E-state index is 15.2. The van der Waals surface area contributed by atoms with Crippen LogP contribution < -0.4 is 4.74 Å². The van der Waals surface area contributed by atoms with Crippen LogP contribution in [0.5, 0.6) is 5.75 Å². The number of halogens is 6. The molecule has 1 saturated carbocycles. The Morgan fingerprint density at radius 1 is 0.783 bits per heavy atom. The Kier molecular flexibility index (Phi) is 10.5. The minimum absolute atomic E-state index is 0.00212. The molecule has 9 heteroatoms. The molecule has 0 aromatic heterocycles. The highest BCUT2D eigenvalue weighted by atomic mass is 19.3. The molecule has 0 bridgehead atoms. The van der Waals surface area contributed by atoms with Crippen LogP contribution in [0.15, 0.2) is 78.9 Å². The van der Waals surface area contributed by atoms with E-state index in [1.54, 1.807) is 24.3 Å². The van der Waals surface area contributed by atoms with Gasteiger partial charge in [-0.3, -0.25) is 0 Å². The smallest absolute Gasteiger partial charge is 0.383 e. The first-order valence-electron chi connectivity index (χ1n) is 15.5. The Balaban J connectivity index is 1.15. The second kappa shape index (κ2) is 14.5. The molecule has 5 rings (SSSR count). The molecule has 0 radical (unpaired) electrons. The van der Waals surface area contributed by atoms with Gasteiger partial charge in [0.25, 0.3) is 0 Å². The fraction of sp³-hybridized carbons (Fsp3) is 0.324. The molecule has 242 valence electrons. The minimum atomic E-state index is -3.39. The SMILES string of the molecule is CCCCCc1ccc(C(F)(F)OC2CCC(c3ccc(-c4ccc(C(=O)Oc5cc(F)c(F)c(F)c5)cc4)c(F)c3)CC2)cc1. The summed E-state index contributed by atoms with van der Waals surface area (Å²) in [5.74, 6) is -6.56. The summed E-state index contributed by atoms with van der Waals surface area (Å²) in [4.78, 5) is 12.4. The lowest BCUT2D eigenvalue weighted by Crippen LogP contribution is -2.29. The number of alkyl halides is 2. The second-order valence-electron chi connectivity index (χ2n) is 11.7. The highest BCUT2D eigenvalue weighted by Gasteiger charge is 2.37. The molecule has 4 aromatic carbocycles. The Bertz CT molecular complexity index is 1620. The fourth-order valence-electron chi connectivity index (χ4n) is 5.80. The van der Waals surface area contributed by atoms with E-state index >= 15 is 4.39 Å². The summed E-state index contributed by atoms with van der Waals surface area (Å²) < 4.78 is 95.3. The van der Waals surface area contributed by atoms with Crippen molar-refractivity contribution in [2.45, 2.75) is 76.4 Å². The molecule has 1 aliphatic rings. The number of esters is 1. The van der Waals surface area contributed by atoms with Gasteiger partial charge in [0.2, 0.25) is 0 Å². The zero-order chi connectivity index (χ0) is 32.8. The van der Waals surface area contributed by atoms with E-state index in [1.165, 1.54) is 42.5 Å². The van der Waals surface area contributed by atoms with Crippen LogP contribution in [0.2, 0.25) is 0 Å². The van der Waals surface area contributed by atoms with E-state index < -0.39 is 47.2 Å². The zero-order valence-electron chi connectivity index (χ0n) is 25.3. The normalized spacial score (nSPS) is 16.8. The van der Waals surface area contributed by atoms with Crippen molar-refractivity contribution in [2.75, 3.05) is 0 Å². The van der Waals surface area contributed by atoms with Crippen LogP contribution in [0, 0.1) is 23.3 Å². The lowest BCUT2D eigenvalue weighted by molar-refractivity contribution is -0.277. The first-order valence-corrected chi connectivity index (χ1v) is 15.5. The van der Waals surface area contributed by atoms with Crippen LogP contribution in [-0.4, -0.2) is 12.1 Å². The van der Waals surface area contributed by atoms with Gasteiger partial charge in [0.15, 0.2) is 17.5 Å². The van der Waals surface area contributed by atoms with Gasteiger partial charge < -0.3 is 9.47 Å². The van der Waals surface area contributed by atoms with Crippen LogP contribution in [0.25, 0.3) is 11.1 Å². The summed E-state index contributed by atoms with van der Waals surface area (Å²) >= 11 is 0. The molecule has 3 nitrogen and oxygen atoms in total. The molecule has 0 aliphatic heterocycles. The van der Waals surface area contributed by atoms with Gasteiger partial charge in [-0.2, -0.15) is 8.78 Å².